The van der Waals surface area contributed by atoms with Crippen LogP contribution in [0.3, 0.4) is 0 Å². The minimum Gasteiger partial charge on any atom is -0.494 e. The van der Waals surface area contributed by atoms with Crippen molar-refractivity contribution >= 4 is 5.91 Å². The van der Waals surface area contributed by atoms with E-state index in [1.54, 1.807) is 0 Å². The third-order valence-electron chi connectivity index (χ3n) is 5.22. The van der Waals surface area contributed by atoms with Gasteiger partial charge in [-0.25, -0.2) is 0 Å². The van der Waals surface area contributed by atoms with Crippen molar-refractivity contribution in [1.29, 1.82) is 0 Å². The first-order valence-corrected chi connectivity index (χ1v) is 8.21. The maximum Gasteiger partial charge on any atom is 0.251 e. The Morgan fingerprint density at radius 1 is 1.29 bits per heavy atom. The van der Waals surface area contributed by atoms with Crippen LogP contribution in [0.1, 0.15) is 49.9 Å². The highest BCUT2D eigenvalue weighted by Gasteiger charge is 2.42. The van der Waals surface area contributed by atoms with Crippen molar-refractivity contribution in [3.63, 3.8) is 0 Å². The molecule has 0 aliphatic heterocycles. The van der Waals surface area contributed by atoms with Gasteiger partial charge >= 0.3 is 0 Å². The highest BCUT2D eigenvalue weighted by Crippen LogP contribution is 2.49. The van der Waals surface area contributed by atoms with Crippen molar-refractivity contribution in [1.82, 2.24) is 5.32 Å². The van der Waals surface area contributed by atoms with Gasteiger partial charge in [0, 0.05) is 11.6 Å². The van der Waals surface area contributed by atoms with E-state index in [0.717, 1.165) is 17.6 Å². The summed E-state index contributed by atoms with van der Waals surface area (Å²) in [6.45, 7) is 4.77. The quantitative estimate of drug-likeness (QED) is 0.898. The van der Waals surface area contributed by atoms with Crippen LogP contribution in [0.4, 0.5) is 0 Å². The maximum atomic E-state index is 12.3. The molecule has 0 aromatic heterocycles. The molecule has 114 valence electrons. The fraction of sp³-hybridized carbons (Fsp3) is 0.611. The van der Waals surface area contributed by atoms with Gasteiger partial charge in [-0.15, -0.1) is 0 Å². The number of benzene rings is 1. The lowest BCUT2D eigenvalue weighted by atomic mass is 9.84. The number of rotatable bonds is 5. The van der Waals surface area contributed by atoms with E-state index in [2.05, 4.69) is 12.2 Å². The summed E-state index contributed by atoms with van der Waals surface area (Å²) in [5.74, 6) is 3.29. The SMILES string of the molecule is CCOc1ccc(C(=O)N[C@H](C)[C@H]2C[C@@H]3CC[C@@H]2C3)cc1. The first-order valence-electron chi connectivity index (χ1n) is 8.21. The van der Waals surface area contributed by atoms with E-state index in [0.29, 0.717) is 18.1 Å². The largest absolute Gasteiger partial charge is 0.494 e. The molecule has 3 rings (SSSR count). The van der Waals surface area contributed by atoms with Gasteiger partial charge in [0.2, 0.25) is 0 Å². The zero-order valence-electron chi connectivity index (χ0n) is 13.0. The molecule has 0 spiro atoms. The lowest BCUT2D eigenvalue weighted by molar-refractivity contribution is 0.0915. The summed E-state index contributed by atoms with van der Waals surface area (Å²) >= 11 is 0. The van der Waals surface area contributed by atoms with Crippen molar-refractivity contribution in [3.05, 3.63) is 29.8 Å². The molecule has 2 aliphatic rings. The minimum atomic E-state index is 0.0355. The average Bonchev–Trinajstić information content (AvgIpc) is 3.11. The molecule has 1 aromatic rings. The molecule has 2 fully saturated rings. The molecule has 21 heavy (non-hydrogen) atoms. The Labute approximate surface area is 127 Å². The molecular formula is C18H25NO2. The molecule has 1 N–H and O–H groups in total. The third-order valence-corrected chi connectivity index (χ3v) is 5.22. The number of fused-ring (bicyclic) bond motifs is 2. The third kappa shape index (κ3) is 3.07. The number of carbonyl (C=O) groups excluding carboxylic acids is 1. The molecule has 0 heterocycles. The lowest BCUT2D eigenvalue weighted by Crippen LogP contribution is -2.40. The van der Waals surface area contributed by atoms with E-state index in [1.807, 2.05) is 31.2 Å². The van der Waals surface area contributed by atoms with Crippen LogP contribution in [0, 0.1) is 17.8 Å². The summed E-state index contributed by atoms with van der Waals surface area (Å²) < 4.78 is 5.40. The number of nitrogens with one attached hydrogen (secondary N) is 1. The van der Waals surface area contributed by atoms with Gasteiger partial charge in [0.15, 0.2) is 0 Å². The number of ether oxygens (including phenoxy) is 1. The number of amides is 1. The fourth-order valence-electron chi connectivity index (χ4n) is 4.17. The van der Waals surface area contributed by atoms with Crippen molar-refractivity contribution in [3.8, 4) is 5.75 Å². The van der Waals surface area contributed by atoms with Gasteiger partial charge in [-0.1, -0.05) is 6.42 Å². The fourth-order valence-corrected chi connectivity index (χ4v) is 4.17. The van der Waals surface area contributed by atoms with Gasteiger partial charge in [0.25, 0.3) is 5.91 Å². The van der Waals surface area contributed by atoms with Crippen LogP contribution in [0.25, 0.3) is 0 Å². The molecule has 0 unspecified atom stereocenters. The molecule has 0 saturated heterocycles. The Bertz CT molecular complexity index is 496. The molecule has 3 nitrogen and oxygen atoms in total. The zero-order valence-corrected chi connectivity index (χ0v) is 13.0. The van der Waals surface area contributed by atoms with Gasteiger partial charge in [-0.3, -0.25) is 4.79 Å². The predicted octanol–water partition coefficient (Wildman–Crippen LogP) is 3.64. The maximum absolute atomic E-state index is 12.3. The summed E-state index contributed by atoms with van der Waals surface area (Å²) in [5, 5.41) is 3.19. The number of hydrogen-bond acceptors (Lipinski definition) is 2. The van der Waals surface area contributed by atoms with E-state index in [9.17, 15) is 4.79 Å². The summed E-state index contributed by atoms with van der Waals surface area (Å²) in [6.07, 6.45) is 5.45. The van der Waals surface area contributed by atoms with E-state index >= 15 is 0 Å². The number of hydrogen-bond donors (Lipinski definition) is 1. The van der Waals surface area contributed by atoms with E-state index in [-0.39, 0.29) is 11.9 Å². The van der Waals surface area contributed by atoms with Crippen LogP contribution >= 0.6 is 0 Å². The van der Waals surface area contributed by atoms with Gasteiger partial charge < -0.3 is 10.1 Å². The number of carbonyl (C=O) groups is 1. The van der Waals surface area contributed by atoms with E-state index < -0.39 is 0 Å². The molecular weight excluding hydrogens is 262 g/mol. The molecule has 3 heteroatoms. The predicted molar refractivity (Wildman–Crippen MR) is 83.5 cm³/mol. The highest BCUT2D eigenvalue weighted by molar-refractivity contribution is 5.94. The molecule has 2 saturated carbocycles. The Balaban J connectivity index is 1.58. The van der Waals surface area contributed by atoms with Crippen LogP contribution in [-0.2, 0) is 0 Å². The minimum absolute atomic E-state index is 0.0355. The Hall–Kier alpha value is -1.51. The molecule has 4 atom stereocenters. The lowest BCUT2D eigenvalue weighted by Gasteiger charge is -2.28. The van der Waals surface area contributed by atoms with Crippen LogP contribution in [0.5, 0.6) is 5.75 Å². The summed E-state index contributed by atoms with van der Waals surface area (Å²) in [5.41, 5.74) is 0.716. The van der Waals surface area contributed by atoms with Crippen molar-refractivity contribution in [2.24, 2.45) is 17.8 Å². The topological polar surface area (TPSA) is 38.3 Å². The second-order valence-electron chi connectivity index (χ2n) is 6.56. The van der Waals surface area contributed by atoms with Gasteiger partial charge in [-0.2, -0.15) is 0 Å². The first kappa shape index (κ1) is 14.4. The standard InChI is InChI=1S/C18H25NO2/c1-3-21-16-8-6-14(7-9-16)18(20)19-12(2)17-11-13-4-5-15(17)10-13/h6-9,12-13,15,17H,3-5,10-11H2,1-2H3,(H,19,20)/t12-,13-,15-,17-/m1/s1. The van der Waals surface area contributed by atoms with Gasteiger partial charge in [-0.05, 0) is 75.1 Å². The summed E-state index contributed by atoms with van der Waals surface area (Å²) in [7, 11) is 0. The van der Waals surface area contributed by atoms with Gasteiger partial charge in [0.1, 0.15) is 5.75 Å². The molecule has 2 aliphatic carbocycles. The van der Waals surface area contributed by atoms with Crippen LogP contribution in [0.2, 0.25) is 0 Å². The van der Waals surface area contributed by atoms with Crippen molar-refractivity contribution in [2.45, 2.75) is 45.6 Å². The van der Waals surface area contributed by atoms with E-state index in [4.69, 9.17) is 4.74 Å². The molecule has 2 bridgehead atoms. The molecule has 1 amide bonds. The van der Waals surface area contributed by atoms with Crippen LogP contribution in [-0.4, -0.2) is 18.6 Å². The normalized spacial score (nSPS) is 28.4. The van der Waals surface area contributed by atoms with Crippen LogP contribution in [0.15, 0.2) is 24.3 Å². The summed E-state index contributed by atoms with van der Waals surface area (Å²) in [6, 6.07) is 7.68. The zero-order chi connectivity index (χ0) is 14.8. The molecule has 1 aromatic carbocycles. The summed E-state index contributed by atoms with van der Waals surface area (Å²) in [4.78, 5) is 12.3. The second kappa shape index (κ2) is 6.08. The first-order chi connectivity index (χ1) is 10.2. The smallest absolute Gasteiger partial charge is 0.251 e. The average molecular weight is 287 g/mol. The second-order valence-corrected chi connectivity index (χ2v) is 6.56. The Morgan fingerprint density at radius 3 is 2.62 bits per heavy atom. The Morgan fingerprint density at radius 2 is 2.05 bits per heavy atom. The Kier molecular flexibility index (Phi) is 4.18. The highest BCUT2D eigenvalue weighted by atomic mass is 16.5. The van der Waals surface area contributed by atoms with Crippen LogP contribution < -0.4 is 10.1 Å². The van der Waals surface area contributed by atoms with Gasteiger partial charge in [0.05, 0.1) is 6.61 Å². The monoisotopic (exact) mass is 287 g/mol. The molecule has 0 radical (unpaired) electrons. The van der Waals surface area contributed by atoms with Crippen molar-refractivity contribution < 1.29 is 9.53 Å². The van der Waals surface area contributed by atoms with Crippen molar-refractivity contribution in [2.75, 3.05) is 6.61 Å². The van der Waals surface area contributed by atoms with E-state index in [1.165, 1.54) is 25.7 Å².